The molecule has 0 saturated carbocycles. The van der Waals surface area contributed by atoms with E-state index in [4.69, 9.17) is 5.84 Å². The number of hydrazine groups is 1. The van der Waals surface area contributed by atoms with Crippen molar-refractivity contribution in [2.45, 2.75) is 19.9 Å². The molecule has 0 aliphatic rings. The van der Waals surface area contributed by atoms with Gasteiger partial charge in [0, 0.05) is 0 Å². The van der Waals surface area contributed by atoms with Crippen molar-refractivity contribution < 1.29 is 4.79 Å². The second-order valence-corrected chi connectivity index (χ2v) is 5.72. The third-order valence-corrected chi connectivity index (χ3v) is 4.30. The van der Waals surface area contributed by atoms with Gasteiger partial charge in [0.2, 0.25) is 5.91 Å². The van der Waals surface area contributed by atoms with E-state index in [-0.39, 0.29) is 17.9 Å². The van der Waals surface area contributed by atoms with Crippen molar-refractivity contribution in [1.29, 1.82) is 0 Å². The highest BCUT2D eigenvalue weighted by molar-refractivity contribution is 14.1. The number of nitrogens with two attached hydrogens (primary N) is 1. The lowest BCUT2D eigenvalue weighted by molar-refractivity contribution is -0.120. The molecule has 1 heterocycles. The molecule has 0 unspecified atom stereocenters. The number of hydrogen-bond donors (Lipinski definition) is 2. The van der Waals surface area contributed by atoms with Crippen LogP contribution in [-0.2, 0) is 17.8 Å². The van der Waals surface area contributed by atoms with Gasteiger partial charge in [0.1, 0.15) is 0 Å². The van der Waals surface area contributed by atoms with E-state index >= 15 is 0 Å². The van der Waals surface area contributed by atoms with Crippen LogP contribution in [0.15, 0.2) is 35.4 Å². The number of halogens is 1. The number of amides is 1. The highest BCUT2D eigenvalue weighted by atomic mass is 127. The van der Waals surface area contributed by atoms with E-state index in [1.165, 1.54) is 0 Å². The summed E-state index contributed by atoms with van der Waals surface area (Å²) >= 11 is 2.01. The van der Waals surface area contributed by atoms with Crippen molar-refractivity contribution in [3.63, 3.8) is 0 Å². The normalized spacial score (nSPS) is 10.4. The van der Waals surface area contributed by atoms with Crippen LogP contribution >= 0.6 is 22.6 Å². The fourth-order valence-electron chi connectivity index (χ4n) is 1.85. The van der Waals surface area contributed by atoms with Crippen molar-refractivity contribution in [3.05, 3.63) is 61.3 Å². The molecule has 21 heavy (non-hydrogen) atoms. The first-order valence-electron chi connectivity index (χ1n) is 6.30. The molecule has 1 aromatic heterocycles. The van der Waals surface area contributed by atoms with E-state index in [1.54, 1.807) is 10.9 Å². The van der Waals surface area contributed by atoms with Crippen molar-refractivity contribution in [2.24, 2.45) is 5.84 Å². The fourth-order valence-corrected chi connectivity index (χ4v) is 2.30. The minimum absolute atomic E-state index is 0.0466. The van der Waals surface area contributed by atoms with Gasteiger partial charge in [-0.1, -0.05) is 24.3 Å². The number of hydrogen-bond acceptors (Lipinski definition) is 4. The first-order valence-corrected chi connectivity index (χ1v) is 7.38. The smallest absolute Gasteiger partial charge is 0.267 e. The molecule has 0 saturated heterocycles. The van der Waals surface area contributed by atoms with Gasteiger partial charge in [-0.2, -0.15) is 0 Å². The molecule has 110 valence electrons. The van der Waals surface area contributed by atoms with Crippen LogP contribution in [0.3, 0.4) is 0 Å². The molecule has 2 aromatic rings. The summed E-state index contributed by atoms with van der Waals surface area (Å²) in [6, 6.07) is 7.47. The average Bonchev–Trinajstić information content (AvgIpc) is 2.49. The monoisotopic (exact) mass is 398 g/mol. The Balaban J connectivity index is 2.16. The highest BCUT2D eigenvalue weighted by Gasteiger charge is 2.06. The molecule has 0 aliphatic carbocycles. The molecule has 2 rings (SSSR count). The Kier molecular flexibility index (Phi) is 5.07. The minimum atomic E-state index is -0.240. The maximum Gasteiger partial charge on any atom is 0.267 e. The predicted molar refractivity (Wildman–Crippen MR) is 87.5 cm³/mol. The molecule has 0 fully saturated rings. The third kappa shape index (κ3) is 3.88. The van der Waals surface area contributed by atoms with Gasteiger partial charge in [-0.3, -0.25) is 19.6 Å². The maximum absolute atomic E-state index is 12.1. The van der Waals surface area contributed by atoms with Gasteiger partial charge in [-0.25, -0.2) is 10.8 Å². The van der Waals surface area contributed by atoms with E-state index in [9.17, 15) is 9.59 Å². The maximum atomic E-state index is 12.1. The quantitative estimate of drug-likeness (QED) is 0.344. The second-order valence-electron chi connectivity index (χ2n) is 4.64. The van der Waals surface area contributed by atoms with Gasteiger partial charge >= 0.3 is 0 Å². The zero-order valence-corrected chi connectivity index (χ0v) is 13.6. The highest BCUT2D eigenvalue weighted by Crippen LogP contribution is 2.07. The number of rotatable bonds is 4. The average molecular weight is 398 g/mol. The molecule has 6 nitrogen and oxygen atoms in total. The Labute approximate surface area is 135 Å². The topological polar surface area (TPSA) is 90.0 Å². The first kappa shape index (κ1) is 15.6. The zero-order valence-electron chi connectivity index (χ0n) is 11.5. The number of aryl methyl sites for hydroxylation is 1. The number of benzene rings is 1. The fraction of sp³-hybridized carbons (Fsp3) is 0.214. The van der Waals surface area contributed by atoms with E-state index < -0.39 is 0 Å². The molecular formula is C14H15IN4O2. The van der Waals surface area contributed by atoms with Crippen LogP contribution in [0.2, 0.25) is 0 Å². The Morgan fingerprint density at radius 2 is 1.95 bits per heavy atom. The minimum Gasteiger partial charge on any atom is -0.294 e. The standard InChI is InChI=1S/C14H15IN4O2/c1-9-13(15)14(21)19(8-17-9)7-11-4-2-10(3-5-11)6-12(20)18-16/h2-5,8H,6-7,16H2,1H3,(H,18,20). The van der Waals surface area contributed by atoms with Crippen LogP contribution in [0.25, 0.3) is 0 Å². The Morgan fingerprint density at radius 3 is 2.57 bits per heavy atom. The molecule has 1 amide bonds. The number of nitrogens with zero attached hydrogens (tertiary/aromatic N) is 2. The molecule has 0 aliphatic heterocycles. The summed E-state index contributed by atoms with van der Waals surface area (Å²) in [5.41, 5.74) is 4.62. The summed E-state index contributed by atoms with van der Waals surface area (Å²) in [6.45, 7) is 2.26. The summed E-state index contributed by atoms with van der Waals surface area (Å²) < 4.78 is 2.20. The predicted octanol–water partition coefficient (Wildman–Crippen LogP) is 0.737. The van der Waals surface area contributed by atoms with E-state index in [0.29, 0.717) is 10.1 Å². The summed E-state index contributed by atoms with van der Waals surface area (Å²) in [4.78, 5) is 27.5. The summed E-state index contributed by atoms with van der Waals surface area (Å²) in [5.74, 6) is 4.81. The Bertz CT molecular complexity index is 710. The Hall–Kier alpha value is -1.74. The largest absolute Gasteiger partial charge is 0.294 e. The van der Waals surface area contributed by atoms with Crippen molar-refractivity contribution >= 4 is 28.5 Å². The van der Waals surface area contributed by atoms with Crippen LogP contribution in [0, 0.1) is 10.5 Å². The molecule has 7 heteroatoms. The Morgan fingerprint density at radius 1 is 1.33 bits per heavy atom. The van der Waals surface area contributed by atoms with Crippen LogP contribution < -0.4 is 16.8 Å². The molecule has 0 bridgehead atoms. The lowest BCUT2D eigenvalue weighted by Crippen LogP contribution is -2.31. The number of carbonyl (C=O) groups excluding carboxylic acids is 1. The van der Waals surface area contributed by atoms with Gasteiger partial charge in [-0.05, 0) is 40.6 Å². The number of nitrogens with one attached hydrogen (secondary N) is 1. The van der Waals surface area contributed by atoms with Crippen molar-refractivity contribution in [3.8, 4) is 0 Å². The molecular weight excluding hydrogens is 383 g/mol. The second kappa shape index (κ2) is 6.81. The number of aromatic nitrogens is 2. The zero-order chi connectivity index (χ0) is 15.4. The molecule has 0 atom stereocenters. The third-order valence-electron chi connectivity index (χ3n) is 3.06. The van der Waals surface area contributed by atoms with E-state index in [2.05, 4.69) is 10.4 Å². The SMILES string of the molecule is Cc1ncn(Cc2ccc(CC(=O)NN)cc2)c(=O)c1I. The van der Waals surface area contributed by atoms with Gasteiger partial charge in [-0.15, -0.1) is 0 Å². The van der Waals surface area contributed by atoms with E-state index in [1.807, 2.05) is 53.8 Å². The van der Waals surface area contributed by atoms with Crippen LogP contribution in [0.1, 0.15) is 16.8 Å². The van der Waals surface area contributed by atoms with Crippen LogP contribution in [-0.4, -0.2) is 15.5 Å². The van der Waals surface area contributed by atoms with Gasteiger partial charge in [0.25, 0.3) is 5.56 Å². The first-order chi connectivity index (χ1) is 10.0. The van der Waals surface area contributed by atoms with Crippen LogP contribution in [0.5, 0.6) is 0 Å². The van der Waals surface area contributed by atoms with Gasteiger partial charge in [0.05, 0.1) is 28.6 Å². The summed E-state index contributed by atoms with van der Waals surface area (Å²) in [5, 5.41) is 0. The molecule has 1 aromatic carbocycles. The molecule has 0 radical (unpaired) electrons. The van der Waals surface area contributed by atoms with Gasteiger partial charge < -0.3 is 0 Å². The summed E-state index contributed by atoms with van der Waals surface area (Å²) in [7, 11) is 0. The van der Waals surface area contributed by atoms with Gasteiger partial charge in [0.15, 0.2) is 0 Å². The van der Waals surface area contributed by atoms with Crippen LogP contribution in [0.4, 0.5) is 0 Å². The number of carbonyl (C=O) groups is 1. The van der Waals surface area contributed by atoms with E-state index in [0.717, 1.165) is 16.8 Å². The lowest BCUT2D eigenvalue weighted by atomic mass is 10.1. The van der Waals surface area contributed by atoms with Crippen molar-refractivity contribution in [1.82, 2.24) is 15.0 Å². The lowest BCUT2D eigenvalue weighted by Gasteiger charge is -2.08. The molecule has 0 spiro atoms. The molecule has 3 N–H and O–H groups in total. The van der Waals surface area contributed by atoms with Crippen molar-refractivity contribution in [2.75, 3.05) is 0 Å². The summed E-state index contributed by atoms with van der Waals surface area (Å²) in [6.07, 6.45) is 1.79.